The Morgan fingerprint density at radius 1 is 1.35 bits per heavy atom. The molecule has 0 amide bonds. The van der Waals surface area contributed by atoms with Crippen LogP contribution in [0.5, 0.6) is 5.75 Å². The molecular weight excluding hydrogens is 318 g/mol. The van der Waals surface area contributed by atoms with E-state index in [1.54, 1.807) is 18.4 Å². The van der Waals surface area contributed by atoms with Crippen molar-refractivity contribution in [3.63, 3.8) is 0 Å². The van der Waals surface area contributed by atoms with Crippen LogP contribution >= 0.6 is 38.6 Å². The van der Waals surface area contributed by atoms with Crippen molar-refractivity contribution in [3.05, 3.63) is 36.6 Å². The molecule has 2 aromatic heterocycles. The van der Waals surface area contributed by atoms with Crippen LogP contribution in [0.3, 0.4) is 0 Å². The molecule has 0 spiro atoms. The molecule has 2 nitrogen and oxygen atoms in total. The molecule has 0 saturated carbocycles. The second kappa shape index (κ2) is 5.52. The van der Waals surface area contributed by atoms with E-state index in [4.69, 9.17) is 4.74 Å². The van der Waals surface area contributed by atoms with Crippen LogP contribution in [0.4, 0.5) is 0 Å². The summed E-state index contributed by atoms with van der Waals surface area (Å²) in [5.41, 5.74) is 0. The zero-order chi connectivity index (χ0) is 12.4. The van der Waals surface area contributed by atoms with Crippen LogP contribution in [0.2, 0.25) is 0 Å². The number of hydrogen-bond donors (Lipinski definition) is 1. The number of methoxy groups -OCH3 is 1. The summed E-state index contributed by atoms with van der Waals surface area (Å²) in [5.74, 6) is 0.928. The molecule has 17 heavy (non-hydrogen) atoms. The minimum Gasteiger partial charge on any atom is -0.496 e. The minimum atomic E-state index is 0.249. The Balaban J connectivity index is 2.32. The predicted octanol–water partition coefficient (Wildman–Crippen LogP) is 4.20. The Morgan fingerprint density at radius 2 is 2.12 bits per heavy atom. The monoisotopic (exact) mass is 331 g/mol. The molecule has 2 aromatic rings. The number of ether oxygens (including phenoxy) is 1. The maximum absolute atomic E-state index is 5.23. The van der Waals surface area contributed by atoms with Gasteiger partial charge in [0.2, 0.25) is 0 Å². The smallest absolute Gasteiger partial charge is 0.129 e. The molecule has 1 N–H and O–H groups in total. The van der Waals surface area contributed by atoms with Gasteiger partial charge < -0.3 is 10.1 Å². The number of aryl methyl sites for hydroxylation is 1. The number of hydrogen-bond acceptors (Lipinski definition) is 4. The van der Waals surface area contributed by atoms with E-state index in [0.717, 1.165) is 5.75 Å². The van der Waals surface area contributed by atoms with E-state index in [-0.39, 0.29) is 6.04 Å². The van der Waals surface area contributed by atoms with E-state index in [1.165, 1.54) is 19.1 Å². The van der Waals surface area contributed by atoms with Crippen LogP contribution in [0.1, 0.15) is 20.7 Å². The first-order chi connectivity index (χ1) is 8.15. The van der Waals surface area contributed by atoms with Gasteiger partial charge in [0.15, 0.2) is 0 Å². The second-order valence-electron chi connectivity index (χ2n) is 3.66. The van der Waals surface area contributed by atoms with E-state index >= 15 is 0 Å². The molecule has 0 aliphatic heterocycles. The van der Waals surface area contributed by atoms with Crippen molar-refractivity contribution in [1.29, 1.82) is 0 Å². The zero-order valence-electron chi connectivity index (χ0n) is 9.91. The molecule has 1 atom stereocenters. The molecule has 0 radical (unpaired) electrons. The average Bonchev–Trinajstić information content (AvgIpc) is 2.89. The first kappa shape index (κ1) is 13.1. The normalized spacial score (nSPS) is 12.7. The maximum Gasteiger partial charge on any atom is 0.129 e. The molecule has 0 fully saturated rings. The summed E-state index contributed by atoms with van der Waals surface area (Å²) in [4.78, 5) is 3.91. The maximum atomic E-state index is 5.23. The van der Waals surface area contributed by atoms with Crippen molar-refractivity contribution in [2.75, 3.05) is 14.2 Å². The molecule has 5 heteroatoms. The van der Waals surface area contributed by atoms with E-state index in [1.807, 2.05) is 23.8 Å². The summed E-state index contributed by atoms with van der Waals surface area (Å²) in [7, 11) is 3.69. The summed E-state index contributed by atoms with van der Waals surface area (Å²) < 4.78 is 6.41. The van der Waals surface area contributed by atoms with Crippen molar-refractivity contribution in [1.82, 2.24) is 5.32 Å². The lowest BCUT2D eigenvalue weighted by atomic mass is 10.2. The Labute approximate surface area is 118 Å². The average molecular weight is 332 g/mol. The first-order valence-electron chi connectivity index (χ1n) is 5.21. The first-order valence-corrected chi connectivity index (χ1v) is 7.70. The lowest BCUT2D eigenvalue weighted by Crippen LogP contribution is -2.15. The molecular formula is C12H14BrNOS2. The Hall–Kier alpha value is -0.360. The third-order valence-electron chi connectivity index (χ3n) is 2.57. The van der Waals surface area contributed by atoms with E-state index in [9.17, 15) is 0 Å². The zero-order valence-corrected chi connectivity index (χ0v) is 13.1. The van der Waals surface area contributed by atoms with Crippen molar-refractivity contribution in [2.45, 2.75) is 13.0 Å². The standard InChI is InChI=1S/C12H14BrNOS2/c1-7-9(13)5-11(17-7)12(14-2)10-4-8(15-3)6-16-10/h4-6,12,14H,1-3H3. The molecule has 0 aromatic carbocycles. The molecule has 1 unspecified atom stereocenters. The highest BCUT2D eigenvalue weighted by molar-refractivity contribution is 9.10. The van der Waals surface area contributed by atoms with Gasteiger partial charge >= 0.3 is 0 Å². The Kier molecular flexibility index (Phi) is 4.25. The van der Waals surface area contributed by atoms with Crippen molar-refractivity contribution >= 4 is 38.6 Å². The van der Waals surface area contributed by atoms with E-state index in [2.05, 4.69) is 40.3 Å². The second-order valence-corrected chi connectivity index (χ2v) is 6.75. The van der Waals surface area contributed by atoms with Gasteiger partial charge in [-0.15, -0.1) is 22.7 Å². The van der Waals surface area contributed by atoms with Crippen LogP contribution in [0.25, 0.3) is 0 Å². The van der Waals surface area contributed by atoms with Gasteiger partial charge in [0.25, 0.3) is 0 Å². The van der Waals surface area contributed by atoms with Gasteiger partial charge in [0.1, 0.15) is 5.75 Å². The molecule has 0 aliphatic rings. The third kappa shape index (κ3) is 2.73. The van der Waals surface area contributed by atoms with Gasteiger partial charge in [-0.05, 0) is 42.0 Å². The Bertz CT molecular complexity index is 487. The largest absolute Gasteiger partial charge is 0.496 e. The lowest BCUT2D eigenvalue weighted by molar-refractivity contribution is 0.416. The molecule has 92 valence electrons. The highest BCUT2D eigenvalue weighted by Gasteiger charge is 2.17. The van der Waals surface area contributed by atoms with Crippen LogP contribution in [-0.4, -0.2) is 14.2 Å². The van der Waals surface area contributed by atoms with Gasteiger partial charge in [-0.2, -0.15) is 0 Å². The molecule has 2 rings (SSSR count). The molecule has 0 saturated heterocycles. The Morgan fingerprint density at radius 3 is 2.59 bits per heavy atom. The van der Waals surface area contributed by atoms with E-state index < -0.39 is 0 Å². The summed E-state index contributed by atoms with van der Waals surface area (Å²) in [6, 6.07) is 4.53. The van der Waals surface area contributed by atoms with Crippen molar-refractivity contribution in [2.24, 2.45) is 0 Å². The van der Waals surface area contributed by atoms with Crippen molar-refractivity contribution < 1.29 is 4.74 Å². The fraction of sp³-hybridized carbons (Fsp3) is 0.333. The van der Waals surface area contributed by atoms with Gasteiger partial charge in [-0.25, -0.2) is 0 Å². The fourth-order valence-corrected chi connectivity index (χ4v) is 4.39. The fourth-order valence-electron chi connectivity index (χ4n) is 1.64. The van der Waals surface area contributed by atoms with Gasteiger partial charge in [-0.1, -0.05) is 0 Å². The number of rotatable bonds is 4. The molecule has 0 aliphatic carbocycles. The van der Waals surface area contributed by atoms with Gasteiger partial charge in [0.05, 0.1) is 13.2 Å². The highest BCUT2D eigenvalue weighted by atomic mass is 79.9. The van der Waals surface area contributed by atoms with Gasteiger partial charge in [0, 0.05) is 24.5 Å². The number of thiophene rings is 2. The quantitative estimate of drug-likeness (QED) is 0.906. The summed E-state index contributed by atoms with van der Waals surface area (Å²) in [5, 5.41) is 5.39. The SMILES string of the molecule is CNC(c1cc(OC)cs1)c1cc(Br)c(C)s1. The van der Waals surface area contributed by atoms with Gasteiger partial charge in [-0.3, -0.25) is 0 Å². The van der Waals surface area contributed by atoms with Crippen molar-refractivity contribution in [3.8, 4) is 5.75 Å². The molecule has 0 bridgehead atoms. The minimum absolute atomic E-state index is 0.249. The van der Waals surface area contributed by atoms with Crippen LogP contribution in [0, 0.1) is 6.92 Å². The van der Waals surface area contributed by atoms with E-state index in [0.29, 0.717) is 0 Å². The summed E-state index contributed by atoms with van der Waals surface area (Å²) in [6.07, 6.45) is 0. The lowest BCUT2D eigenvalue weighted by Gasteiger charge is -2.11. The number of halogens is 1. The van der Waals surface area contributed by atoms with Crippen LogP contribution in [-0.2, 0) is 0 Å². The summed E-state index contributed by atoms with van der Waals surface area (Å²) >= 11 is 7.10. The summed E-state index contributed by atoms with van der Waals surface area (Å²) in [6.45, 7) is 2.12. The third-order valence-corrected chi connectivity index (χ3v) is 5.74. The molecule has 2 heterocycles. The topological polar surface area (TPSA) is 21.3 Å². The van der Waals surface area contributed by atoms with Crippen LogP contribution in [0.15, 0.2) is 22.0 Å². The highest BCUT2D eigenvalue weighted by Crippen LogP contribution is 2.36. The predicted molar refractivity (Wildman–Crippen MR) is 78.5 cm³/mol. The van der Waals surface area contributed by atoms with Crippen LogP contribution < -0.4 is 10.1 Å². The number of nitrogens with one attached hydrogen (secondary N) is 1.